The first-order valence-corrected chi connectivity index (χ1v) is 8.89. The van der Waals surface area contributed by atoms with Gasteiger partial charge in [-0.15, -0.1) is 10.2 Å². The maximum absolute atomic E-state index is 12.0. The summed E-state index contributed by atoms with van der Waals surface area (Å²) in [6.45, 7) is 1.21. The SMILES string of the molecule is CSC[C@H](N)c1nnc([C@H](CC(N)=O)NC(=O)N[C@H](C(=O)O)C(C)O)o1. The van der Waals surface area contributed by atoms with Gasteiger partial charge in [-0.05, 0) is 13.2 Å². The largest absolute Gasteiger partial charge is 0.480 e. The van der Waals surface area contributed by atoms with Gasteiger partial charge in [-0.3, -0.25) is 4.79 Å². The van der Waals surface area contributed by atoms with E-state index in [1.807, 2.05) is 6.26 Å². The van der Waals surface area contributed by atoms with Crippen molar-refractivity contribution in [2.75, 3.05) is 12.0 Å². The number of primary amides is 1. The molecule has 1 rings (SSSR count). The van der Waals surface area contributed by atoms with Crippen molar-refractivity contribution in [3.05, 3.63) is 11.8 Å². The van der Waals surface area contributed by atoms with E-state index in [1.165, 1.54) is 18.7 Å². The van der Waals surface area contributed by atoms with Crippen LogP contribution in [0.15, 0.2) is 4.42 Å². The van der Waals surface area contributed by atoms with Crippen molar-refractivity contribution in [3.8, 4) is 0 Å². The van der Waals surface area contributed by atoms with Gasteiger partial charge in [0.15, 0.2) is 6.04 Å². The van der Waals surface area contributed by atoms with Crippen molar-refractivity contribution in [3.63, 3.8) is 0 Å². The van der Waals surface area contributed by atoms with E-state index in [2.05, 4.69) is 20.8 Å². The van der Waals surface area contributed by atoms with Crippen LogP contribution >= 0.6 is 11.8 Å². The second kappa shape index (κ2) is 9.94. The van der Waals surface area contributed by atoms with Gasteiger partial charge in [-0.1, -0.05) is 0 Å². The molecule has 146 valence electrons. The number of amides is 3. The molecule has 0 bridgehead atoms. The van der Waals surface area contributed by atoms with Gasteiger partial charge < -0.3 is 36.7 Å². The van der Waals surface area contributed by atoms with E-state index >= 15 is 0 Å². The second-order valence-electron chi connectivity index (χ2n) is 5.44. The number of nitrogens with zero attached hydrogens (tertiary/aromatic N) is 2. The summed E-state index contributed by atoms with van der Waals surface area (Å²) in [5.41, 5.74) is 11.0. The molecule has 0 aliphatic rings. The molecule has 0 radical (unpaired) electrons. The first kappa shape index (κ1) is 21.7. The summed E-state index contributed by atoms with van der Waals surface area (Å²) in [6, 6.07) is -4.12. The first-order chi connectivity index (χ1) is 12.1. The quantitative estimate of drug-likeness (QED) is 0.272. The van der Waals surface area contributed by atoms with E-state index in [1.54, 1.807) is 0 Å². The van der Waals surface area contributed by atoms with E-state index in [4.69, 9.17) is 21.0 Å². The Hall–Kier alpha value is -2.38. The molecular formula is C13H22N6O6S. The smallest absolute Gasteiger partial charge is 0.328 e. The zero-order valence-electron chi connectivity index (χ0n) is 14.2. The molecule has 1 heterocycles. The molecule has 0 spiro atoms. The van der Waals surface area contributed by atoms with Crippen molar-refractivity contribution in [2.24, 2.45) is 11.5 Å². The van der Waals surface area contributed by atoms with Gasteiger partial charge in [-0.2, -0.15) is 11.8 Å². The molecule has 0 aliphatic heterocycles. The lowest BCUT2D eigenvalue weighted by Gasteiger charge is -2.19. The lowest BCUT2D eigenvalue weighted by molar-refractivity contribution is -0.141. The number of hydrogen-bond donors (Lipinski definition) is 6. The van der Waals surface area contributed by atoms with Crippen LogP contribution in [0.4, 0.5) is 4.79 Å². The average Bonchev–Trinajstić information content (AvgIpc) is 3.01. The Kier molecular flexibility index (Phi) is 8.28. The van der Waals surface area contributed by atoms with Crippen molar-refractivity contribution < 1.29 is 29.0 Å². The third-order valence-corrected chi connectivity index (χ3v) is 3.86. The maximum atomic E-state index is 12.0. The summed E-state index contributed by atoms with van der Waals surface area (Å²) < 4.78 is 5.39. The highest BCUT2D eigenvalue weighted by molar-refractivity contribution is 7.98. The van der Waals surface area contributed by atoms with Gasteiger partial charge >= 0.3 is 12.0 Å². The van der Waals surface area contributed by atoms with Crippen LogP contribution in [-0.4, -0.2) is 62.5 Å². The second-order valence-corrected chi connectivity index (χ2v) is 6.35. The fourth-order valence-corrected chi connectivity index (χ4v) is 2.42. The normalized spacial score (nSPS) is 15.5. The van der Waals surface area contributed by atoms with Gasteiger partial charge in [0.1, 0.15) is 6.04 Å². The number of hydrogen-bond acceptors (Lipinski definition) is 9. The minimum atomic E-state index is -1.54. The lowest BCUT2D eigenvalue weighted by Crippen LogP contribution is -2.52. The minimum Gasteiger partial charge on any atom is -0.480 e. The summed E-state index contributed by atoms with van der Waals surface area (Å²) in [5.74, 6) is -1.64. The predicted octanol–water partition coefficient (Wildman–Crippen LogP) is -1.52. The molecular weight excluding hydrogens is 368 g/mol. The molecule has 0 aliphatic carbocycles. The molecule has 26 heavy (non-hydrogen) atoms. The first-order valence-electron chi connectivity index (χ1n) is 7.49. The fourth-order valence-electron chi connectivity index (χ4n) is 1.92. The number of carboxylic acids is 1. The lowest BCUT2D eigenvalue weighted by atomic mass is 10.2. The highest BCUT2D eigenvalue weighted by Gasteiger charge is 2.28. The van der Waals surface area contributed by atoms with Gasteiger partial charge in [0.2, 0.25) is 17.7 Å². The number of aliphatic hydroxyl groups is 1. The van der Waals surface area contributed by atoms with Crippen LogP contribution in [0, 0.1) is 0 Å². The Morgan fingerprint density at radius 3 is 2.38 bits per heavy atom. The minimum absolute atomic E-state index is 0.102. The van der Waals surface area contributed by atoms with Crippen molar-refractivity contribution >= 4 is 29.7 Å². The maximum Gasteiger partial charge on any atom is 0.328 e. The van der Waals surface area contributed by atoms with Gasteiger partial charge in [0.25, 0.3) is 0 Å². The molecule has 13 heteroatoms. The van der Waals surface area contributed by atoms with Crippen LogP contribution < -0.4 is 22.1 Å². The standard InChI is InChI=1S/C13H22N6O6S/c1-5(20)9(12(22)23)17-13(24)16-7(3-8(15)21)11-19-18-10(25-11)6(14)4-26-2/h5-7,9,20H,3-4,14H2,1-2H3,(H2,15,21)(H,22,23)(H2,16,17,24)/t5?,6-,7-,9-/m0/s1. The number of thioether (sulfide) groups is 1. The van der Waals surface area contributed by atoms with Crippen LogP contribution in [-0.2, 0) is 9.59 Å². The molecule has 1 unspecified atom stereocenters. The summed E-state index contributed by atoms with van der Waals surface area (Å²) in [7, 11) is 0. The number of nitrogens with one attached hydrogen (secondary N) is 2. The zero-order chi connectivity index (χ0) is 19.9. The number of rotatable bonds is 10. The van der Waals surface area contributed by atoms with Crippen LogP contribution in [0.5, 0.6) is 0 Å². The van der Waals surface area contributed by atoms with Crippen molar-refractivity contribution in [1.82, 2.24) is 20.8 Å². The predicted molar refractivity (Wildman–Crippen MR) is 90.9 cm³/mol. The number of carboxylic acid groups (broad SMARTS) is 1. The Morgan fingerprint density at radius 1 is 1.27 bits per heavy atom. The summed E-state index contributed by atoms with van der Waals surface area (Å²) in [5, 5.41) is 30.3. The number of aromatic nitrogens is 2. The average molecular weight is 390 g/mol. The zero-order valence-corrected chi connectivity index (χ0v) is 15.0. The highest BCUT2D eigenvalue weighted by Crippen LogP contribution is 2.19. The number of nitrogens with two attached hydrogens (primary N) is 2. The highest BCUT2D eigenvalue weighted by atomic mass is 32.2. The van der Waals surface area contributed by atoms with Gasteiger partial charge in [0.05, 0.1) is 18.6 Å². The number of aliphatic hydroxyl groups excluding tert-OH is 1. The van der Waals surface area contributed by atoms with E-state index in [0.717, 1.165) is 0 Å². The fraction of sp³-hybridized carbons (Fsp3) is 0.615. The molecule has 3 amide bonds. The molecule has 1 aromatic rings. The van der Waals surface area contributed by atoms with E-state index in [-0.39, 0.29) is 18.2 Å². The van der Waals surface area contributed by atoms with Crippen LogP contribution in [0.25, 0.3) is 0 Å². The third-order valence-electron chi connectivity index (χ3n) is 3.16. The van der Waals surface area contributed by atoms with Gasteiger partial charge in [-0.25, -0.2) is 9.59 Å². The van der Waals surface area contributed by atoms with Gasteiger partial charge in [0, 0.05) is 5.75 Å². The number of carbonyl (C=O) groups excluding carboxylic acids is 2. The van der Waals surface area contributed by atoms with Crippen LogP contribution in [0.3, 0.4) is 0 Å². The Bertz CT molecular complexity index is 638. The summed E-state index contributed by atoms with van der Waals surface area (Å²) >= 11 is 1.47. The molecule has 0 saturated carbocycles. The van der Waals surface area contributed by atoms with E-state index < -0.39 is 42.1 Å². The monoisotopic (exact) mass is 390 g/mol. The Labute approximate surface area is 153 Å². The summed E-state index contributed by atoms with van der Waals surface area (Å²) in [6.07, 6.45) is 0.145. The Morgan fingerprint density at radius 2 is 1.88 bits per heavy atom. The molecule has 12 nitrogen and oxygen atoms in total. The van der Waals surface area contributed by atoms with Crippen molar-refractivity contribution in [1.29, 1.82) is 0 Å². The molecule has 0 aromatic carbocycles. The van der Waals surface area contributed by atoms with Crippen LogP contribution in [0.1, 0.15) is 37.2 Å². The molecule has 4 atom stereocenters. The molecule has 8 N–H and O–H groups in total. The van der Waals surface area contributed by atoms with Crippen LogP contribution in [0.2, 0.25) is 0 Å². The van der Waals surface area contributed by atoms with E-state index in [0.29, 0.717) is 5.75 Å². The molecule has 0 saturated heterocycles. The van der Waals surface area contributed by atoms with E-state index in [9.17, 15) is 19.5 Å². The number of urea groups is 1. The number of aliphatic carboxylic acids is 1. The number of carbonyl (C=O) groups is 3. The van der Waals surface area contributed by atoms with Crippen molar-refractivity contribution in [2.45, 2.75) is 37.6 Å². The third kappa shape index (κ3) is 6.50. The molecule has 1 aromatic heterocycles. The Balaban J connectivity index is 2.89. The molecule has 0 fully saturated rings. The summed E-state index contributed by atoms with van der Waals surface area (Å²) in [4.78, 5) is 34.3. The topological polar surface area (TPSA) is 207 Å².